The molecule has 0 aliphatic carbocycles. The lowest BCUT2D eigenvalue weighted by Crippen LogP contribution is -2.26. The van der Waals surface area contributed by atoms with E-state index in [-0.39, 0.29) is 11.7 Å². The van der Waals surface area contributed by atoms with Crippen LogP contribution in [0.1, 0.15) is 12.5 Å². The molecule has 0 fully saturated rings. The maximum Gasteiger partial charge on any atom is 0.291 e. The van der Waals surface area contributed by atoms with Crippen molar-refractivity contribution in [2.24, 2.45) is 0 Å². The van der Waals surface area contributed by atoms with Gasteiger partial charge in [-0.2, -0.15) is 9.50 Å². The van der Waals surface area contributed by atoms with E-state index in [4.69, 9.17) is 16.3 Å². The van der Waals surface area contributed by atoms with E-state index in [1.54, 1.807) is 6.07 Å². The lowest BCUT2D eigenvalue weighted by molar-refractivity contribution is 0.259. The Balaban J connectivity index is 1.60. The molecule has 0 radical (unpaired) electrons. The van der Waals surface area contributed by atoms with Crippen molar-refractivity contribution in [2.45, 2.75) is 13.0 Å². The van der Waals surface area contributed by atoms with Crippen molar-refractivity contribution < 1.29 is 4.74 Å². The number of benzene rings is 2. The van der Waals surface area contributed by atoms with Crippen LogP contribution in [0.25, 0.3) is 28.5 Å². The van der Waals surface area contributed by atoms with Crippen molar-refractivity contribution in [1.29, 1.82) is 0 Å². The normalized spacial score (nSPS) is 16.7. The number of ether oxygens (including phenoxy) is 1. The molecule has 0 bridgehead atoms. The Labute approximate surface area is 169 Å². The Kier molecular flexibility index (Phi) is 4.03. The molecule has 0 amide bonds. The molecule has 0 spiro atoms. The first-order chi connectivity index (χ1) is 13.6. The number of aromatic nitrogens is 3. The number of nitrogens with zero attached hydrogens (tertiary/aromatic N) is 3. The van der Waals surface area contributed by atoms with Gasteiger partial charge in [-0.3, -0.25) is 4.79 Å². The van der Waals surface area contributed by atoms with Gasteiger partial charge in [0.05, 0.1) is 9.55 Å². The predicted molar refractivity (Wildman–Crippen MR) is 112 cm³/mol. The summed E-state index contributed by atoms with van der Waals surface area (Å²) in [6.07, 6.45) is 3.77. The SMILES string of the molecule is C[C@H]1Oc2ccccc2C=C1/C=c1\sc2nc(-c3ccccc3Cl)nn2c1=O. The van der Waals surface area contributed by atoms with Gasteiger partial charge in [-0.1, -0.05) is 53.3 Å². The maximum atomic E-state index is 12.8. The zero-order chi connectivity index (χ0) is 19.3. The fourth-order valence-corrected chi connectivity index (χ4v) is 4.29. The van der Waals surface area contributed by atoms with Gasteiger partial charge < -0.3 is 4.74 Å². The predicted octanol–water partition coefficient (Wildman–Crippen LogP) is 3.84. The van der Waals surface area contributed by atoms with Crippen LogP contribution >= 0.6 is 22.9 Å². The third kappa shape index (κ3) is 2.82. The van der Waals surface area contributed by atoms with Gasteiger partial charge in [-0.05, 0) is 42.8 Å². The van der Waals surface area contributed by atoms with Crippen LogP contribution in [-0.4, -0.2) is 20.7 Å². The molecule has 0 saturated heterocycles. The molecule has 5 nitrogen and oxygen atoms in total. The highest BCUT2D eigenvalue weighted by Crippen LogP contribution is 2.30. The van der Waals surface area contributed by atoms with Crippen molar-refractivity contribution in [3.05, 3.63) is 79.6 Å². The van der Waals surface area contributed by atoms with Crippen LogP contribution in [0.5, 0.6) is 5.75 Å². The van der Waals surface area contributed by atoms with E-state index >= 15 is 0 Å². The molecule has 138 valence electrons. The summed E-state index contributed by atoms with van der Waals surface area (Å²) >= 11 is 7.52. The highest BCUT2D eigenvalue weighted by molar-refractivity contribution is 7.15. The van der Waals surface area contributed by atoms with E-state index in [1.807, 2.05) is 61.5 Å². The van der Waals surface area contributed by atoms with Gasteiger partial charge in [0.2, 0.25) is 4.96 Å². The van der Waals surface area contributed by atoms with E-state index in [1.165, 1.54) is 15.9 Å². The second kappa shape index (κ2) is 6.58. The molecule has 5 rings (SSSR count). The topological polar surface area (TPSA) is 56.5 Å². The van der Waals surface area contributed by atoms with Crippen molar-refractivity contribution in [3.63, 3.8) is 0 Å². The van der Waals surface area contributed by atoms with Gasteiger partial charge >= 0.3 is 0 Å². The number of hydrogen-bond acceptors (Lipinski definition) is 5. The first-order valence-corrected chi connectivity index (χ1v) is 9.93. The van der Waals surface area contributed by atoms with Crippen LogP contribution in [0.2, 0.25) is 5.02 Å². The zero-order valence-corrected chi connectivity index (χ0v) is 16.4. The molecular formula is C21H14ClN3O2S. The Hall–Kier alpha value is -2.96. The quantitative estimate of drug-likeness (QED) is 0.506. The van der Waals surface area contributed by atoms with Crippen LogP contribution in [-0.2, 0) is 0 Å². The van der Waals surface area contributed by atoms with Gasteiger partial charge in [-0.25, -0.2) is 0 Å². The molecule has 28 heavy (non-hydrogen) atoms. The summed E-state index contributed by atoms with van der Waals surface area (Å²) in [5, 5.41) is 4.91. The molecule has 1 aliphatic rings. The fraction of sp³-hybridized carbons (Fsp3) is 0.0952. The van der Waals surface area contributed by atoms with Crippen LogP contribution in [0, 0.1) is 0 Å². The monoisotopic (exact) mass is 407 g/mol. The van der Waals surface area contributed by atoms with Crippen molar-refractivity contribution in [1.82, 2.24) is 14.6 Å². The molecule has 0 unspecified atom stereocenters. The number of hydrogen-bond donors (Lipinski definition) is 0. The fourth-order valence-electron chi connectivity index (χ4n) is 3.16. The number of halogens is 1. The summed E-state index contributed by atoms with van der Waals surface area (Å²) in [6.45, 7) is 1.97. The van der Waals surface area contributed by atoms with E-state index in [9.17, 15) is 4.79 Å². The van der Waals surface area contributed by atoms with Crippen molar-refractivity contribution in [2.75, 3.05) is 0 Å². The molecule has 4 aromatic rings. The minimum absolute atomic E-state index is 0.143. The largest absolute Gasteiger partial charge is 0.485 e. The highest BCUT2D eigenvalue weighted by atomic mass is 35.5. The Morgan fingerprint density at radius 1 is 1.18 bits per heavy atom. The standard InChI is InChI=1S/C21H14ClN3O2S/c1-12-14(10-13-6-2-5-9-17(13)27-12)11-18-20(26)25-21(28-18)23-19(24-25)15-7-3-4-8-16(15)22/h2-12H,1H3/b18-11-/t12-/m1/s1. The number of thiazole rings is 1. The van der Waals surface area contributed by atoms with Crippen LogP contribution in [0.15, 0.2) is 58.9 Å². The molecule has 1 aliphatic heterocycles. The van der Waals surface area contributed by atoms with Crippen molar-refractivity contribution in [3.8, 4) is 17.1 Å². The second-order valence-electron chi connectivity index (χ2n) is 6.47. The molecule has 0 saturated carbocycles. The number of rotatable bonds is 2. The van der Waals surface area contributed by atoms with Gasteiger partial charge in [0, 0.05) is 11.1 Å². The summed E-state index contributed by atoms with van der Waals surface area (Å²) < 4.78 is 7.85. The summed E-state index contributed by atoms with van der Waals surface area (Å²) in [5.74, 6) is 1.30. The molecule has 2 aromatic heterocycles. The summed E-state index contributed by atoms with van der Waals surface area (Å²) in [5.41, 5.74) is 2.45. The summed E-state index contributed by atoms with van der Waals surface area (Å²) in [4.78, 5) is 17.8. The molecule has 1 atom stereocenters. The van der Waals surface area contributed by atoms with E-state index in [0.29, 0.717) is 25.9 Å². The average Bonchev–Trinajstić information content (AvgIpc) is 3.22. The minimum Gasteiger partial charge on any atom is -0.485 e. The van der Waals surface area contributed by atoms with E-state index in [2.05, 4.69) is 10.1 Å². The second-order valence-corrected chi connectivity index (χ2v) is 7.88. The Morgan fingerprint density at radius 2 is 1.96 bits per heavy atom. The third-order valence-electron chi connectivity index (χ3n) is 4.61. The minimum atomic E-state index is -0.197. The number of fused-ring (bicyclic) bond motifs is 2. The Bertz CT molecular complexity index is 1360. The Morgan fingerprint density at radius 3 is 2.79 bits per heavy atom. The molecule has 0 N–H and O–H groups in total. The van der Waals surface area contributed by atoms with E-state index < -0.39 is 0 Å². The molecule has 2 aromatic carbocycles. The first-order valence-electron chi connectivity index (χ1n) is 8.73. The van der Waals surface area contributed by atoms with Crippen LogP contribution in [0.3, 0.4) is 0 Å². The zero-order valence-electron chi connectivity index (χ0n) is 14.8. The highest BCUT2D eigenvalue weighted by Gasteiger charge is 2.18. The molecular weight excluding hydrogens is 394 g/mol. The van der Waals surface area contributed by atoms with Crippen molar-refractivity contribution >= 4 is 40.1 Å². The van der Waals surface area contributed by atoms with Gasteiger partial charge in [0.25, 0.3) is 5.56 Å². The number of para-hydroxylation sites is 1. The van der Waals surface area contributed by atoms with E-state index in [0.717, 1.165) is 16.9 Å². The molecule has 7 heteroatoms. The lowest BCUT2D eigenvalue weighted by Gasteiger charge is -2.22. The third-order valence-corrected chi connectivity index (χ3v) is 5.90. The summed E-state index contributed by atoms with van der Waals surface area (Å²) in [6, 6.07) is 15.2. The van der Waals surface area contributed by atoms with Gasteiger partial charge in [0.1, 0.15) is 11.9 Å². The van der Waals surface area contributed by atoms with Gasteiger partial charge in [0.15, 0.2) is 5.82 Å². The maximum absolute atomic E-state index is 12.8. The van der Waals surface area contributed by atoms with Crippen LogP contribution < -0.4 is 14.8 Å². The molecule has 3 heterocycles. The van der Waals surface area contributed by atoms with Gasteiger partial charge in [-0.15, -0.1) is 5.10 Å². The van der Waals surface area contributed by atoms with Crippen LogP contribution in [0.4, 0.5) is 0 Å². The first kappa shape index (κ1) is 17.2. The smallest absolute Gasteiger partial charge is 0.291 e. The lowest BCUT2D eigenvalue weighted by atomic mass is 10.0. The summed E-state index contributed by atoms with van der Waals surface area (Å²) in [7, 11) is 0. The average molecular weight is 408 g/mol.